The van der Waals surface area contributed by atoms with Gasteiger partial charge in [0, 0.05) is 16.2 Å². The van der Waals surface area contributed by atoms with Gasteiger partial charge >= 0.3 is 0 Å². The van der Waals surface area contributed by atoms with Gasteiger partial charge in [0.05, 0.1) is 5.02 Å². The van der Waals surface area contributed by atoms with E-state index in [0.717, 1.165) is 5.02 Å². The molecule has 0 spiro atoms. The van der Waals surface area contributed by atoms with E-state index in [9.17, 15) is 0 Å². The van der Waals surface area contributed by atoms with Crippen molar-refractivity contribution in [3.05, 3.63) is 28.8 Å². The van der Waals surface area contributed by atoms with Crippen LogP contribution in [0.25, 0.3) is 0 Å². The summed E-state index contributed by atoms with van der Waals surface area (Å²) in [4.78, 5) is 1.18. The maximum atomic E-state index is 6.33. The zero-order chi connectivity index (χ0) is 13.0. The number of halogens is 1. The highest BCUT2D eigenvalue weighted by Crippen LogP contribution is 2.34. The van der Waals surface area contributed by atoms with Crippen molar-refractivity contribution in [2.24, 2.45) is 5.92 Å². The van der Waals surface area contributed by atoms with Gasteiger partial charge in [-0.15, -0.1) is 11.8 Å². The lowest BCUT2D eigenvalue weighted by Gasteiger charge is -2.17. The van der Waals surface area contributed by atoms with Crippen LogP contribution in [0.1, 0.15) is 39.3 Å². The molecule has 0 fully saturated rings. The van der Waals surface area contributed by atoms with E-state index in [4.69, 9.17) is 11.6 Å². The molecule has 1 rings (SSSR count). The van der Waals surface area contributed by atoms with E-state index in [2.05, 4.69) is 51.2 Å². The molecule has 1 aromatic rings. The molecule has 0 aliphatic carbocycles. The topological polar surface area (TPSA) is 12.0 Å². The Morgan fingerprint density at radius 1 is 1.18 bits per heavy atom. The molecule has 1 N–H and O–H groups in total. The molecule has 1 nitrogen and oxygen atoms in total. The van der Waals surface area contributed by atoms with Crippen molar-refractivity contribution < 1.29 is 0 Å². The van der Waals surface area contributed by atoms with Crippen LogP contribution in [0.3, 0.4) is 0 Å². The molecule has 0 heterocycles. The van der Waals surface area contributed by atoms with E-state index in [1.54, 1.807) is 0 Å². The van der Waals surface area contributed by atoms with Crippen molar-refractivity contribution in [3.63, 3.8) is 0 Å². The summed E-state index contributed by atoms with van der Waals surface area (Å²) in [7, 11) is 1.96. The second-order valence-electron chi connectivity index (χ2n) is 4.77. The molecule has 0 radical (unpaired) electrons. The average molecular weight is 272 g/mol. The molecule has 0 aliphatic rings. The lowest BCUT2D eigenvalue weighted by atomic mass is 10.1. The third-order valence-electron chi connectivity index (χ3n) is 3.14. The number of thioether (sulfide) groups is 1. The third kappa shape index (κ3) is 4.20. The van der Waals surface area contributed by atoms with Gasteiger partial charge in [-0.2, -0.15) is 0 Å². The zero-order valence-electron chi connectivity index (χ0n) is 11.3. The maximum Gasteiger partial charge on any atom is 0.0545 e. The number of nitrogens with one attached hydrogen (secondary N) is 1. The van der Waals surface area contributed by atoms with Crippen molar-refractivity contribution in [2.45, 2.75) is 43.9 Å². The van der Waals surface area contributed by atoms with Gasteiger partial charge in [0.15, 0.2) is 0 Å². The van der Waals surface area contributed by atoms with Crippen molar-refractivity contribution in [1.82, 2.24) is 5.32 Å². The molecule has 0 amide bonds. The van der Waals surface area contributed by atoms with Crippen LogP contribution in [0.4, 0.5) is 0 Å². The van der Waals surface area contributed by atoms with Gasteiger partial charge < -0.3 is 5.32 Å². The van der Waals surface area contributed by atoms with Gasteiger partial charge in [0.1, 0.15) is 0 Å². The molecular formula is C14H22ClNS. The molecule has 0 aromatic heterocycles. The molecule has 0 saturated carbocycles. The Morgan fingerprint density at radius 2 is 1.82 bits per heavy atom. The summed E-state index contributed by atoms with van der Waals surface area (Å²) in [5.74, 6) is 0.659. The lowest BCUT2D eigenvalue weighted by molar-refractivity contribution is 0.642. The highest BCUT2D eigenvalue weighted by atomic mass is 35.5. The Morgan fingerprint density at radius 3 is 2.29 bits per heavy atom. The number of hydrogen-bond acceptors (Lipinski definition) is 2. The van der Waals surface area contributed by atoms with E-state index in [-0.39, 0.29) is 0 Å². The van der Waals surface area contributed by atoms with E-state index in [0.29, 0.717) is 17.2 Å². The van der Waals surface area contributed by atoms with E-state index >= 15 is 0 Å². The van der Waals surface area contributed by atoms with Crippen LogP contribution in [-0.4, -0.2) is 12.3 Å². The predicted octanol–water partition coefficient (Wildman–Crippen LogP) is 4.76. The van der Waals surface area contributed by atoms with Crippen LogP contribution < -0.4 is 5.32 Å². The van der Waals surface area contributed by atoms with Gasteiger partial charge in [0.2, 0.25) is 0 Å². The highest BCUT2D eigenvalue weighted by molar-refractivity contribution is 8.00. The molecular weight excluding hydrogens is 250 g/mol. The first kappa shape index (κ1) is 14.9. The second kappa shape index (κ2) is 6.67. The summed E-state index contributed by atoms with van der Waals surface area (Å²) >= 11 is 8.18. The van der Waals surface area contributed by atoms with Gasteiger partial charge in [-0.05, 0) is 37.6 Å². The normalized spacial score (nSPS) is 15.0. The summed E-state index contributed by atoms with van der Waals surface area (Å²) in [5, 5.41) is 4.67. The first-order valence-corrected chi connectivity index (χ1v) is 7.34. The van der Waals surface area contributed by atoms with E-state index in [1.807, 2.05) is 18.8 Å². The maximum absolute atomic E-state index is 6.33. The van der Waals surface area contributed by atoms with Crippen LogP contribution in [0.15, 0.2) is 23.1 Å². The molecule has 17 heavy (non-hydrogen) atoms. The molecule has 1 aromatic carbocycles. The van der Waals surface area contributed by atoms with Crippen molar-refractivity contribution in [3.8, 4) is 0 Å². The predicted molar refractivity (Wildman–Crippen MR) is 79.1 cm³/mol. The summed E-state index contributed by atoms with van der Waals surface area (Å²) in [6, 6.07) is 6.70. The molecule has 2 atom stereocenters. The Labute approximate surface area is 114 Å². The lowest BCUT2D eigenvalue weighted by Crippen LogP contribution is -2.12. The SMILES string of the molecule is CNC(C)c1ccc(SC(C)C(C)C)c(Cl)c1. The Bertz CT molecular complexity index is 365. The van der Waals surface area contributed by atoms with E-state index < -0.39 is 0 Å². The first-order valence-electron chi connectivity index (χ1n) is 6.09. The molecule has 2 unspecified atom stereocenters. The van der Waals surface area contributed by atoms with E-state index in [1.165, 1.54) is 10.5 Å². The standard InChI is InChI=1S/C14H22ClNS/c1-9(2)11(4)17-14-7-6-12(8-13(14)15)10(3)16-5/h6-11,16H,1-5H3. The Hall–Kier alpha value is -0.180. The largest absolute Gasteiger partial charge is 0.313 e. The fraction of sp³-hybridized carbons (Fsp3) is 0.571. The quantitative estimate of drug-likeness (QED) is 0.775. The van der Waals surface area contributed by atoms with Crippen LogP contribution in [0, 0.1) is 5.92 Å². The molecule has 96 valence electrons. The van der Waals surface area contributed by atoms with Crippen LogP contribution in [-0.2, 0) is 0 Å². The highest BCUT2D eigenvalue weighted by Gasteiger charge is 2.12. The monoisotopic (exact) mass is 271 g/mol. The van der Waals surface area contributed by atoms with Crippen molar-refractivity contribution in [2.75, 3.05) is 7.05 Å². The van der Waals surface area contributed by atoms with Gasteiger partial charge in [-0.3, -0.25) is 0 Å². The fourth-order valence-electron chi connectivity index (χ4n) is 1.39. The van der Waals surface area contributed by atoms with Gasteiger partial charge in [0.25, 0.3) is 0 Å². The minimum absolute atomic E-state index is 0.342. The molecule has 0 bridgehead atoms. The van der Waals surface area contributed by atoms with Gasteiger partial charge in [-0.25, -0.2) is 0 Å². The van der Waals surface area contributed by atoms with Crippen LogP contribution in [0.5, 0.6) is 0 Å². The second-order valence-corrected chi connectivity index (χ2v) is 6.59. The minimum Gasteiger partial charge on any atom is -0.313 e. The number of rotatable bonds is 5. The van der Waals surface area contributed by atoms with Crippen LogP contribution >= 0.6 is 23.4 Å². The number of benzene rings is 1. The molecule has 0 saturated heterocycles. The summed E-state index contributed by atoms with van der Waals surface area (Å²) in [6.45, 7) is 8.86. The zero-order valence-corrected chi connectivity index (χ0v) is 12.8. The first-order chi connectivity index (χ1) is 7.95. The van der Waals surface area contributed by atoms with Gasteiger partial charge in [-0.1, -0.05) is 38.4 Å². The summed E-state index contributed by atoms with van der Waals surface area (Å²) in [6.07, 6.45) is 0. The van der Waals surface area contributed by atoms with Crippen molar-refractivity contribution >= 4 is 23.4 Å². The summed E-state index contributed by atoms with van der Waals surface area (Å²) < 4.78 is 0. The third-order valence-corrected chi connectivity index (χ3v) is 5.09. The van der Waals surface area contributed by atoms with Crippen LogP contribution in [0.2, 0.25) is 5.02 Å². The fourth-order valence-corrected chi connectivity index (χ4v) is 2.70. The summed E-state index contributed by atoms with van der Waals surface area (Å²) in [5.41, 5.74) is 1.24. The Balaban J connectivity index is 2.83. The smallest absolute Gasteiger partial charge is 0.0545 e. The number of hydrogen-bond donors (Lipinski definition) is 1. The van der Waals surface area contributed by atoms with Crippen molar-refractivity contribution in [1.29, 1.82) is 0 Å². The Kier molecular flexibility index (Phi) is 5.84. The molecule has 0 aliphatic heterocycles. The minimum atomic E-state index is 0.342. The average Bonchev–Trinajstić information content (AvgIpc) is 2.30. The molecule has 3 heteroatoms.